The monoisotopic (exact) mass is 252 g/mol. The minimum atomic E-state index is -0.572. The second kappa shape index (κ2) is 5.06. The second-order valence-electron chi connectivity index (χ2n) is 4.92. The number of aliphatic hydroxyl groups is 1. The topological polar surface area (TPSA) is 90.9 Å². The fourth-order valence-electron chi connectivity index (χ4n) is 1.90. The zero-order valence-corrected chi connectivity index (χ0v) is 10.9. The molecule has 0 bridgehead atoms. The maximum Gasteiger partial charge on any atom is 0.291 e. The Labute approximate surface area is 106 Å². The minimum Gasteiger partial charge on any atom is -0.394 e. The van der Waals surface area contributed by atoms with Crippen LogP contribution in [0.4, 0.5) is 0 Å². The number of carbonyl (C=O) groups is 1. The minimum absolute atomic E-state index is 0.0777. The van der Waals surface area contributed by atoms with Crippen LogP contribution in [0.1, 0.15) is 61.9 Å². The predicted molar refractivity (Wildman–Crippen MR) is 66.2 cm³/mol. The average molecular weight is 252 g/mol. The molecule has 1 saturated carbocycles. The van der Waals surface area contributed by atoms with Gasteiger partial charge in [0.15, 0.2) is 0 Å². The molecule has 6 nitrogen and oxygen atoms in total. The Morgan fingerprint density at radius 3 is 2.67 bits per heavy atom. The Bertz CT molecular complexity index is 413. The number of amides is 1. The number of hydrogen-bond acceptors (Lipinski definition) is 4. The van der Waals surface area contributed by atoms with Crippen LogP contribution in [0.2, 0.25) is 0 Å². The van der Waals surface area contributed by atoms with Crippen molar-refractivity contribution in [2.75, 3.05) is 6.61 Å². The van der Waals surface area contributed by atoms with Crippen molar-refractivity contribution in [3.05, 3.63) is 11.6 Å². The second-order valence-corrected chi connectivity index (χ2v) is 4.92. The molecule has 1 aromatic rings. The molecule has 0 atom stereocenters. The molecule has 0 aliphatic heterocycles. The normalized spacial score (nSPS) is 15.7. The number of carbonyl (C=O) groups excluding carboxylic acids is 1. The third-order valence-electron chi connectivity index (χ3n) is 3.70. The Morgan fingerprint density at radius 1 is 1.50 bits per heavy atom. The van der Waals surface area contributed by atoms with Crippen LogP contribution in [-0.2, 0) is 0 Å². The van der Waals surface area contributed by atoms with Crippen molar-refractivity contribution >= 4 is 5.91 Å². The number of nitrogens with one attached hydrogen (secondary N) is 2. The third kappa shape index (κ3) is 2.53. The van der Waals surface area contributed by atoms with E-state index in [-0.39, 0.29) is 18.3 Å². The van der Waals surface area contributed by atoms with Crippen LogP contribution in [0, 0.1) is 0 Å². The lowest BCUT2D eigenvalue weighted by molar-refractivity contribution is 0.0807. The highest BCUT2D eigenvalue weighted by Gasteiger charge is 2.31. The van der Waals surface area contributed by atoms with Crippen molar-refractivity contribution in [3.63, 3.8) is 0 Å². The number of H-pyrrole nitrogens is 1. The highest BCUT2D eigenvalue weighted by molar-refractivity contribution is 5.90. The lowest BCUT2D eigenvalue weighted by Gasteiger charge is -2.30. The molecule has 1 amide bonds. The molecule has 18 heavy (non-hydrogen) atoms. The summed E-state index contributed by atoms with van der Waals surface area (Å²) >= 11 is 0. The summed E-state index contributed by atoms with van der Waals surface area (Å²) in [5.41, 5.74) is -0.572. The molecule has 6 heteroatoms. The molecule has 1 aromatic heterocycles. The van der Waals surface area contributed by atoms with Gasteiger partial charge in [0.25, 0.3) is 5.91 Å². The van der Waals surface area contributed by atoms with E-state index in [2.05, 4.69) is 20.5 Å². The van der Waals surface area contributed by atoms with Crippen LogP contribution < -0.4 is 5.32 Å². The van der Waals surface area contributed by atoms with Gasteiger partial charge in [0.1, 0.15) is 5.82 Å². The molecule has 1 aliphatic rings. The van der Waals surface area contributed by atoms with Crippen LogP contribution in [-0.4, -0.2) is 38.3 Å². The maximum absolute atomic E-state index is 12.0. The summed E-state index contributed by atoms with van der Waals surface area (Å²) in [5, 5.41) is 19.0. The van der Waals surface area contributed by atoms with Gasteiger partial charge in [-0.1, -0.05) is 13.8 Å². The summed E-state index contributed by atoms with van der Waals surface area (Å²) in [7, 11) is 0. The van der Waals surface area contributed by atoms with Gasteiger partial charge in [-0.15, -0.1) is 5.10 Å². The van der Waals surface area contributed by atoms with Gasteiger partial charge in [-0.2, -0.15) is 0 Å². The molecular weight excluding hydrogens is 232 g/mol. The van der Waals surface area contributed by atoms with Gasteiger partial charge in [0.05, 0.1) is 12.1 Å². The standard InChI is InChI=1S/C12H20N4O2/c1-3-12(4-2,7-17)14-11(18)10-13-9(15-16-10)8-5-6-8/h8,17H,3-7H2,1-2H3,(H,14,18)(H,13,15,16). The van der Waals surface area contributed by atoms with E-state index in [9.17, 15) is 9.90 Å². The smallest absolute Gasteiger partial charge is 0.291 e. The summed E-state index contributed by atoms with van der Waals surface area (Å²) in [4.78, 5) is 16.2. The number of rotatable bonds is 6. The average Bonchev–Trinajstić information content (AvgIpc) is 3.13. The highest BCUT2D eigenvalue weighted by Crippen LogP contribution is 2.37. The SMILES string of the molecule is CCC(CC)(CO)NC(=O)c1n[nH]c(C2CC2)n1. The zero-order chi connectivity index (χ0) is 13.2. The Kier molecular flexibility index (Phi) is 3.65. The van der Waals surface area contributed by atoms with Crippen LogP contribution >= 0.6 is 0 Å². The third-order valence-corrected chi connectivity index (χ3v) is 3.70. The highest BCUT2D eigenvalue weighted by atomic mass is 16.3. The van der Waals surface area contributed by atoms with Crippen LogP contribution in [0.3, 0.4) is 0 Å². The first-order chi connectivity index (χ1) is 8.64. The van der Waals surface area contributed by atoms with Crippen molar-refractivity contribution in [1.29, 1.82) is 0 Å². The van der Waals surface area contributed by atoms with Crippen molar-refractivity contribution in [1.82, 2.24) is 20.5 Å². The molecule has 1 aliphatic carbocycles. The Morgan fingerprint density at radius 2 is 2.17 bits per heavy atom. The summed E-state index contributed by atoms with van der Waals surface area (Å²) in [5.74, 6) is 1.08. The molecular formula is C12H20N4O2. The zero-order valence-electron chi connectivity index (χ0n) is 10.9. The first-order valence-corrected chi connectivity index (χ1v) is 6.49. The number of aliphatic hydroxyl groups excluding tert-OH is 1. The number of hydrogen-bond donors (Lipinski definition) is 3. The molecule has 3 N–H and O–H groups in total. The van der Waals surface area contributed by atoms with Gasteiger partial charge in [-0.25, -0.2) is 4.98 Å². The number of aromatic nitrogens is 3. The van der Waals surface area contributed by atoms with E-state index >= 15 is 0 Å². The van der Waals surface area contributed by atoms with Crippen LogP contribution in [0.25, 0.3) is 0 Å². The lowest BCUT2D eigenvalue weighted by atomic mass is 9.94. The summed E-state index contributed by atoms with van der Waals surface area (Å²) in [6.45, 7) is 3.80. The first kappa shape index (κ1) is 13.0. The Hall–Kier alpha value is -1.43. The van der Waals surface area contributed by atoms with E-state index in [1.807, 2.05) is 13.8 Å². The molecule has 2 rings (SSSR count). The van der Waals surface area contributed by atoms with E-state index in [0.29, 0.717) is 18.8 Å². The number of nitrogens with zero attached hydrogens (tertiary/aromatic N) is 2. The van der Waals surface area contributed by atoms with E-state index in [0.717, 1.165) is 18.7 Å². The lowest BCUT2D eigenvalue weighted by Crippen LogP contribution is -2.50. The summed E-state index contributed by atoms with van der Waals surface area (Å²) in [6.07, 6.45) is 3.57. The van der Waals surface area contributed by atoms with Crippen molar-refractivity contribution in [2.24, 2.45) is 0 Å². The van der Waals surface area contributed by atoms with Gasteiger partial charge < -0.3 is 10.4 Å². The molecule has 100 valence electrons. The van der Waals surface area contributed by atoms with Gasteiger partial charge in [-0.05, 0) is 25.7 Å². The van der Waals surface area contributed by atoms with Crippen molar-refractivity contribution in [2.45, 2.75) is 51.0 Å². The van der Waals surface area contributed by atoms with Crippen LogP contribution in [0.5, 0.6) is 0 Å². The quantitative estimate of drug-likeness (QED) is 0.703. The van der Waals surface area contributed by atoms with E-state index in [4.69, 9.17) is 0 Å². The van der Waals surface area contributed by atoms with Crippen LogP contribution in [0.15, 0.2) is 0 Å². The first-order valence-electron chi connectivity index (χ1n) is 6.49. The largest absolute Gasteiger partial charge is 0.394 e. The molecule has 0 saturated heterocycles. The van der Waals surface area contributed by atoms with Crippen molar-refractivity contribution < 1.29 is 9.90 Å². The maximum atomic E-state index is 12.0. The summed E-state index contributed by atoms with van der Waals surface area (Å²) < 4.78 is 0. The van der Waals surface area contributed by atoms with E-state index in [1.54, 1.807) is 0 Å². The Balaban J connectivity index is 2.05. The molecule has 0 aromatic carbocycles. The molecule has 1 heterocycles. The fraction of sp³-hybridized carbons (Fsp3) is 0.750. The molecule has 0 spiro atoms. The number of aromatic amines is 1. The van der Waals surface area contributed by atoms with E-state index in [1.165, 1.54) is 0 Å². The van der Waals surface area contributed by atoms with Crippen molar-refractivity contribution in [3.8, 4) is 0 Å². The van der Waals surface area contributed by atoms with Gasteiger partial charge >= 0.3 is 0 Å². The van der Waals surface area contributed by atoms with E-state index < -0.39 is 5.54 Å². The fourth-order valence-corrected chi connectivity index (χ4v) is 1.90. The van der Waals surface area contributed by atoms with Gasteiger partial charge in [0.2, 0.25) is 5.82 Å². The van der Waals surface area contributed by atoms with Gasteiger partial charge in [0, 0.05) is 5.92 Å². The van der Waals surface area contributed by atoms with Gasteiger partial charge in [-0.3, -0.25) is 9.89 Å². The molecule has 0 unspecified atom stereocenters. The molecule has 0 radical (unpaired) electrons. The summed E-state index contributed by atoms with van der Waals surface area (Å²) in [6, 6.07) is 0. The predicted octanol–water partition coefficient (Wildman–Crippen LogP) is 0.963. The molecule has 1 fully saturated rings.